The number of benzene rings is 6. The van der Waals surface area contributed by atoms with Gasteiger partial charge >= 0.3 is 0 Å². The first-order chi connectivity index (χ1) is 20.1. The van der Waals surface area contributed by atoms with Crippen molar-refractivity contribution in [3.05, 3.63) is 160 Å². The van der Waals surface area contributed by atoms with Crippen LogP contribution in [-0.4, -0.2) is 4.57 Å². The molecule has 1 aliphatic carbocycles. The van der Waals surface area contributed by atoms with Crippen LogP contribution in [0.2, 0.25) is 10.0 Å². The molecular formula is C38H25Cl2N. The van der Waals surface area contributed by atoms with E-state index in [0.29, 0.717) is 0 Å². The van der Waals surface area contributed by atoms with Crippen LogP contribution >= 0.6 is 23.2 Å². The summed E-state index contributed by atoms with van der Waals surface area (Å²) >= 11 is 13.6. The van der Waals surface area contributed by atoms with E-state index in [2.05, 4.69) is 127 Å². The molecule has 0 spiro atoms. The standard InChI is InChI=1S/C38H25Cl2N/c1-38(26-13-9-12-25(22-26)24-10-3-2-4-11-24)31-20-18-27(39)23-30(31)36-32(38)21-19-29-28-14-5-7-16-34(28)41(37(29)36)35-17-8-6-15-33(35)40/h2-23H,1H3. The maximum Gasteiger partial charge on any atom is 0.0648 e. The molecule has 0 radical (unpaired) electrons. The summed E-state index contributed by atoms with van der Waals surface area (Å²) in [7, 11) is 0. The van der Waals surface area contributed by atoms with Gasteiger partial charge in [0.2, 0.25) is 0 Å². The first kappa shape index (κ1) is 24.5. The van der Waals surface area contributed by atoms with Crippen LogP contribution < -0.4 is 0 Å². The lowest BCUT2D eigenvalue weighted by Gasteiger charge is -2.29. The Balaban J connectivity index is 1.51. The molecule has 0 fully saturated rings. The third kappa shape index (κ3) is 3.50. The van der Waals surface area contributed by atoms with Crippen molar-refractivity contribution in [3.8, 4) is 27.9 Å². The maximum atomic E-state index is 6.88. The predicted octanol–water partition coefficient (Wildman–Crippen LogP) is 11.1. The van der Waals surface area contributed by atoms with Gasteiger partial charge in [0.15, 0.2) is 0 Å². The molecule has 0 amide bonds. The van der Waals surface area contributed by atoms with Gasteiger partial charge in [0, 0.05) is 26.8 Å². The number of rotatable bonds is 3. The minimum absolute atomic E-state index is 0.379. The van der Waals surface area contributed by atoms with Crippen LogP contribution in [0.15, 0.2) is 133 Å². The Morgan fingerprint density at radius 3 is 2.17 bits per heavy atom. The maximum absolute atomic E-state index is 6.88. The summed E-state index contributed by atoms with van der Waals surface area (Å²) in [6.07, 6.45) is 0. The van der Waals surface area contributed by atoms with E-state index in [-0.39, 0.29) is 5.41 Å². The summed E-state index contributed by atoms with van der Waals surface area (Å²) in [5.74, 6) is 0. The predicted molar refractivity (Wildman–Crippen MR) is 174 cm³/mol. The summed E-state index contributed by atoms with van der Waals surface area (Å²) in [5, 5.41) is 3.85. The molecule has 0 aliphatic heterocycles. The number of nitrogens with zero attached hydrogens (tertiary/aromatic N) is 1. The zero-order valence-electron chi connectivity index (χ0n) is 22.4. The smallest absolute Gasteiger partial charge is 0.0648 e. The van der Waals surface area contributed by atoms with E-state index in [0.717, 1.165) is 26.8 Å². The molecule has 8 rings (SSSR count). The van der Waals surface area contributed by atoms with Gasteiger partial charge in [-0.05, 0) is 76.7 Å². The fourth-order valence-corrected chi connectivity index (χ4v) is 7.28. The Morgan fingerprint density at radius 2 is 1.32 bits per heavy atom. The van der Waals surface area contributed by atoms with E-state index in [9.17, 15) is 0 Å². The molecule has 0 bridgehead atoms. The zero-order valence-corrected chi connectivity index (χ0v) is 23.9. The molecule has 3 heteroatoms. The van der Waals surface area contributed by atoms with E-state index >= 15 is 0 Å². The van der Waals surface area contributed by atoms with Crippen LogP contribution in [0.4, 0.5) is 0 Å². The lowest BCUT2D eigenvalue weighted by Crippen LogP contribution is -2.22. The minimum atomic E-state index is -0.379. The van der Waals surface area contributed by atoms with Crippen LogP contribution in [-0.2, 0) is 5.41 Å². The van der Waals surface area contributed by atoms with Crippen molar-refractivity contribution in [1.82, 2.24) is 4.57 Å². The highest BCUT2D eigenvalue weighted by molar-refractivity contribution is 6.33. The van der Waals surface area contributed by atoms with Gasteiger partial charge in [-0.2, -0.15) is 0 Å². The van der Waals surface area contributed by atoms with Crippen molar-refractivity contribution in [2.75, 3.05) is 0 Å². The second-order valence-corrected chi connectivity index (χ2v) is 11.8. The summed E-state index contributed by atoms with van der Waals surface area (Å²) in [4.78, 5) is 0. The lowest BCUT2D eigenvalue weighted by atomic mass is 9.73. The van der Waals surface area contributed by atoms with Crippen molar-refractivity contribution in [2.24, 2.45) is 0 Å². The molecule has 196 valence electrons. The lowest BCUT2D eigenvalue weighted by molar-refractivity contribution is 0.714. The third-order valence-corrected chi connectivity index (χ3v) is 9.36. The number of para-hydroxylation sites is 2. The highest BCUT2D eigenvalue weighted by Gasteiger charge is 2.42. The van der Waals surface area contributed by atoms with E-state index in [1.165, 1.54) is 49.7 Å². The average Bonchev–Trinajstić information content (AvgIpc) is 3.48. The summed E-state index contributed by atoms with van der Waals surface area (Å²) in [5.41, 5.74) is 11.4. The van der Waals surface area contributed by atoms with Gasteiger partial charge in [-0.3, -0.25) is 0 Å². The van der Waals surface area contributed by atoms with E-state index < -0.39 is 0 Å². The Kier molecular flexibility index (Phi) is 5.44. The molecule has 1 atom stereocenters. The number of fused-ring (bicyclic) bond motifs is 7. The average molecular weight is 567 g/mol. The molecule has 0 saturated carbocycles. The van der Waals surface area contributed by atoms with Gasteiger partial charge < -0.3 is 4.57 Å². The number of hydrogen-bond donors (Lipinski definition) is 0. The Bertz CT molecular complexity index is 2140. The second kappa shape index (κ2) is 9.11. The van der Waals surface area contributed by atoms with Crippen LogP contribution in [0, 0.1) is 0 Å². The quantitative estimate of drug-likeness (QED) is 0.201. The Labute approximate surface area is 249 Å². The molecule has 41 heavy (non-hydrogen) atoms. The summed E-state index contributed by atoms with van der Waals surface area (Å²) < 4.78 is 2.34. The monoisotopic (exact) mass is 565 g/mol. The van der Waals surface area contributed by atoms with E-state index in [1.54, 1.807) is 0 Å². The first-order valence-corrected chi connectivity index (χ1v) is 14.6. The Hall–Kier alpha value is -4.30. The number of halogens is 2. The summed E-state index contributed by atoms with van der Waals surface area (Å²) in [6.45, 7) is 2.35. The molecular weight excluding hydrogens is 541 g/mol. The molecule has 6 aromatic carbocycles. The van der Waals surface area contributed by atoms with Crippen molar-refractivity contribution in [2.45, 2.75) is 12.3 Å². The zero-order chi connectivity index (χ0) is 27.7. The van der Waals surface area contributed by atoms with E-state index in [4.69, 9.17) is 23.2 Å². The van der Waals surface area contributed by atoms with Crippen LogP contribution in [0.25, 0.3) is 49.7 Å². The normalized spacial score (nSPS) is 15.8. The van der Waals surface area contributed by atoms with Gasteiger partial charge in [0.1, 0.15) is 0 Å². The number of hydrogen-bond acceptors (Lipinski definition) is 0. The summed E-state index contributed by atoms with van der Waals surface area (Å²) in [6, 6.07) is 47.2. The molecule has 1 nitrogen and oxygen atoms in total. The van der Waals surface area contributed by atoms with Gasteiger partial charge in [0.05, 0.1) is 21.7 Å². The molecule has 7 aromatic rings. The van der Waals surface area contributed by atoms with Gasteiger partial charge in [-0.15, -0.1) is 0 Å². The van der Waals surface area contributed by atoms with Crippen molar-refractivity contribution in [3.63, 3.8) is 0 Å². The molecule has 1 unspecified atom stereocenters. The fourth-order valence-electron chi connectivity index (χ4n) is 6.89. The highest BCUT2D eigenvalue weighted by atomic mass is 35.5. The first-order valence-electron chi connectivity index (χ1n) is 13.8. The largest absolute Gasteiger partial charge is 0.307 e. The highest BCUT2D eigenvalue weighted by Crippen LogP contribution is 2.56. The van der Waals surface area contributed by atoms with Crippen molar-refractivity contribution >= 4 is 45.0 Å². The minimum Gasteiger partial charge on any atom is -0.307 e. The van der Waals surface area contributed by atoms with E-state index in [1.807, 2.05) is 18.2 Å². The van der Waals surface area contributed by atoms with Gasteiger partial charge in [-0.25, -0.2) is 0 Å². The van der Waals surface area contributed by atoms with Crippen molar-refractivity contribution < 1.29 is 0 Å². The Morgan fingerprint density at radius 1 is 0.585 bits per heavy atom. The topological polar surface area (TPSA) is 4.93 Å². The second-order valence-electron chi connectivity index (χ2n) is 10.9. The fraction of sp³-hybridized carbons (Fsp3) is 0.0526. The SMILES string of the molecule is CC1(c2cccc(-c3ccccc3)c2)c2ccc(Cl)cc2-c2c1ccc1c3ccccc3n(-c3ccccc3Cl)c21. The third-order valence-electron chi connectivity index (χ3n) is 8.81. The van der Waals surface area contributed by atoms with Crippen LogP contribution in [0.1, 0.15) is 23.6 Å². The van der Waals surface area contributed by atoms with Gasteiger partial charge in [-0.1, -0.05) is 120 Å². The number of aromatic nitrogens is 1. The molecule has 1 heterocycles. The van der Waals surface area contributed by atoms with Gasteiger partial charge in [0.25, 0.3) is 0 Å². The van der Waals surface area contributed by atoms with Crippen LogP contribution in [0.3, 0.4) is 0 Å². The van der Waals surface area contributed by atoms with Crippen molar-refractivity contribution in [1.29, 1.82) is 0 Å². The molecule has 0 saturated heterocycles. The molecule has 1 aromatic heterocycles. The molecule has 1 aliphatic rings. The molecule has 0 N–H and O–H groups in total. The van der Waals surface area contributed by atoms with Crippen LogP contribution in [0.5, 0.6) is 0 Å².